The summed E-state index contributed by atoms with van der Waals surface area (Å²) in [4.78, 5) is 58.5. The molecule has 1 heterocycles. The van der Waals surface area contributed by atoms with Gasteiger partial charge in [-0.15, -0.1) is 0 Å². The fraction of sp³-hybridized carbons (Fsp3) is 0.737. The van der Waals surface area contributed by atoms with Crippen LogP contribution in [0.4, 0.5) is 4.39 Å². The van der Waals surface area contributed by atoms with Crippen LogP contribution in [0.3, 0.4) is 0 Å². The van der Waals surface area contributed by atoms with Crippen molar-refractivity contribution in [3.8, 4) is 0 Å². The van der Waals surface area contributed by atoms with Gasteiger partial charge in [0.05, 0.1) is 7.11 Å². The molecule has 1 rings (SSSR count). The van der Waals surface area contributed by atoms with Crippen LogP contribution in [0, 0.1) is 5.92 Å². The predicted octanol–water partition coefficient (Wildman–Crippen LogP) is 0.608. The van der Waals surface area contributed by atoms with Crippen LogP contribution in [0.5, 0.6) is 0 Å². The number of rotatable bonds is 8. The minimum absolute atomic E-state index is 0.356. The van der Waals surface area contributed by atoms with E-state index in [0.717, 1.165) is 34.8 Å². The van der Waals surface area contributed by atoms with Gasteiger partial charge in [-0.2, -0.15) is 0 Å². The number of halogens is 1. The quantitative estimate of drug-likeness (QED) is 0.379. The number of ether oxygens (including phenoxy) is 6. The molecule has 0 radical (unpaired) electrons. The summed E-state index contributed by atoms with van der Waals surface area (Å²) in [5, 5.41) is 0. The first-order chi connectivity index (χ1) is 14.3. The van der Waals surface area contributed by atoms with Gasteiger partial charge < -0.3 is 28.4 Å². The Kier molecular flexibility index (Phi) is 9.35. The van der Waals surface area contributed by atoms with Crippen LogP contribution < -0.4 is 0 Å². The average Bonchev–Trinajstić information content (AvgIpc) is 2.64. The number of esters is 5. The second-order valence-corrected chi connectivity index (χ2v) is 7.04. The van der Waals surface area contributed by atoms with Gasteiger partial charge in [-0.3, -0.25) is 19.2 Å². The van der Waals surface area contributed by atoms with Crippen LogP contribution >= 0.6 is 0 Å². The summed E-state index contributed by atoms with van der Waals surface area (Å²) in [6, 6.07) is 0. The molecule has 1 aliphatic heterocycles. The van der Waals surface area contributed by atoms with Crippen LogP contribution in [-0.4, -0.2) is 73.8 Å². The molecule has 0 aromatic heterocycles. The molecule has 0 bridgehead atoms. The minimum Gasteiger partial charge on any atom is -0.464 e. The molecule has 6 unspecified atom stereocenters. The smallest absolute Gasteiger partial charge is 0.382 e. The standard InChI is InChI=1S/C19H27FO11/c1-9-7-15(20)19(18(25)26-6,30-13(5)24)31-16(9)17(29-12(4)23)14(28-11(3)22)8-27-10(2)21/h9,14-17H,7-8H2,1-6H3. The third kappa shape index (κ3) is 6.88. The number of hydrogen-bond donors (Lipinski definition) is 0. The van der Waals surface area contributed by atoms with E-state index in [0.29, 0.717) is 0 Å². The molecule has 31 heavy (non-hydrogen) atoms. The van der Waals surface area contributed by atoms with Crippen LogP contribution in [-0.2, 0) is 52.4 Å². The molecule has 11 nitrogen and oxygen atoms in total. The maximum atomic E-state index is 15.0. The van der Waals surface area contributed by atoms with Gasteiger partial charge in [-0.05, 0) is 12.3 Å². The van der Waals surface area contributed by atoms with Crippen molar-refractivity contribution >= 4 is 29.8 Å². The van der Waals surface area contributed by atoms with E-state index in [1.807, 2.05) is 0 Å². The van der Waals surface area contributed by atoms with Gasteiger partial charge in [0.1, 0.15) is 12.7 Å². The van der Waals surface area contributed by atoms with Gasteiger partial charge in [-0.25, -0.2) is 9.18 Å². The van der Waals surface area contributed by atoms with Gasteiger partial charge in [0.2, 0.25) is 0 Å². The van der Waals surface area contributed by atoms with E-state index in [-0.39, 0.29) is 6.42 Å². The van der Waals surface area contributed by atoms with Crippen LogP contribution in [0.1, 0.15) is 41.0 Å². The zero-order valence-corrected chi connectivity index (χ0v) is 18.2. The highest BCUT2D eigenvalue weighted by Crippen LogP contribution is 2.39. The SMILES string of the molecule is COC(=O)C1(OC(C)=O)OC(C(OC(C)=O)C(COC(C)=O)OC(C)=O)C(C)CC1F. The molecule has 1 saturated heterocycles. The lowest BCUT2D eigenvalue weighted by Gasteiger charge is -2.45. The molecule has 6 atom stereocenters. The number of carbonyl (C=O) groups excluding carboxylic acids is 5. The van der Waals surface area contributed by atoms with E-state index >= 15 is 0 Å². The largest absolute Gasteiger partial charge is 0.464 e. The van der Waals surface area contributed by atoms with Gasteiger partial charge in [0.25, 0.3) is 0 Å². The van der Waals surface area contributed by atoms with E-state index in [4.69, 9.17) is 23.7 Å². The summed E-state index contributed by atoms with van der Waals surface area (Å²) in [6.45, 7) is 5.21. The fourth-order valence-corrected chi connectivity index (χ4v) is 3.21. The zero-order valence-electron chi connectivity index (χ0n) is 18.2. The van der Waals surface area contributed by atoms with E-state index in [9.17, 15) is 28.4 Å². The van der Waals surface area contributed by atoms with E-state index < -0.39 is 72.6 Å². The lowest BCUT2D eigenvalue weighted by Crippen LogP contribution is -2.64. The van der Waals surface area contributed by atoms with Crippen LogP contribution in [0.15, 0.2) is 0 Å². The Morgan fingerprint density at radius 2 is 1.58 bits per heavy atom. The molecular formula is C19H27FO11. The van der Waals surface area contributed by atoms with Crippen molar-refractivity contribution in [1.82, 2.24) is 0 Å². The Labute approximate surface area is 178 Å². The van der Waals surface area contributed by atoms with Gasteiger partial charge in [0, 0.05) is 27.7 Å². The second-order valence-electron chi connectivity index (χ2n) is 7.04. The Hall–Kier alpha value is -2.76. The molecule has 1 aliphatic rings. The highest BCUT2D eigenvalue weighted by atomic mass is 19.1. The van der Waals surface area contributed by atoms with Crippen molar-refractivity contribution in [2.75, 3.05) is 13.7 Å². The number of alkyl halides is 1. The van der Waals surface area contributed by atoms with E-state index in [2.05, 4.69) is 4.74 Å². The maximum absolute atomic E-state index is 15.0. The molecular weight excluding hydrogens is 423 g/mol. The monoisotopic (exact) mass is 450 g/mol. The highest BCUT2D eigenvalue weighted by Gasteiger charge is 2.61. The summed E-state index contributed by atoms with van der Waals surface area (Å²) in [5.41, 5.74) is 0. The first kappa shape index (κ1) is 26.3. The Bertz CT molecular complexity index is 709. The lowest BCUT2D eigenvalue weighted by molar-refractivity contribution is -0.314. The number of hydrogen-bond acceptors (Lipinski definition) is 11. The molecule has 176 valence electrons. The molecule has 1 fully saturated rings. The molecule has 0 amide bonds. The van der Waals surface area contributed by atoms with Crippen molar-refractivity contribution in [2.45, 2.75) is 71.3 Å². The third-order valence-electron chi connectivity index (χ3n) is 4.39. The molecule has 0 N–H and O–H groups in total. The zero-order chi connectivity index (χ0) is 23.9. The topological polar surface area (TPSA) is 141 Å². The molecule has 0 aromatic carbocycles. The van der Waals surface area contributed by atoms with E-state index in [1.54, 1.807) is 0 Å². The van der Waals surface area contributed by atoms with Crippen molar-refractivity contribution in [2.24, 2.45) is 5.92 Å². The first-order valence-corrected chi connectivity index (χ1v) is 9.41. The van der Waals surface area contributed by atoms with Crippen LogP contribution in [0.25, 0.3) is 0 Å². The molecule has 0 aliphatic carbocycles. The van der Waals surface area contributed by atoms with Gasteiger partial charge in [-0.1, -0.05) is 6.92 Å². The summed E-state index contributed by atoms with van der Waals surface area (Å²) in [5.74, 6) is -8.15. The van der Waals surface area contributed by atoms with Crippen molar-refractivity contribution in [1.29, 1.82) is 0 Å². The number of methoxy groups -OCH3 is 1. The molecule has 0 saturated carbocycles. The van der Waals surface area contributed by atoms with Crippen molar-refractivity contribution in [3.05, 3.63) is 0 Å². The van der Waals surface area contributed by atoms with Gasteiger partial charge in [0.15, 0.2) is 18.4 Å². The molecule has 0 aromatic rings. The lowest BCUT2D eigenvalue weighted by atomic mass is 9.85. The molecule has 12 heteroatoms. The summed E-state index contributed by atoms with van der Waals surface area (Å²) >= 11 is 0. The molecule has 0 spiro atoms. The average molecular weight is 450 g/mol. The minimum atomic E-state index is -2.77. The highest BCUT2D eigenvalue weighted by molar-refractivity contribution is 5.82. The fourth-order valence-electron chi connectivity index (χ4n) is 3.21. The maximum Gasteiger partial charge on any atom is 0.382 e. The Balaban J connectivity index is 3.43. The normalized spacial score (nSPS) is 27.3. The third-order valence-corrected chi connectivity index (χ3v) is 4.39. The Morgan fingerprint density at radius 3 is 2.03 bits per heavy atom. The van der Waals surface area contributed by atoms with Crippen molar-refractivity contribution in [3.63, 3.8) is 0 Å². The van der Waals surface area contributed by atoms with Crippen molar-refractivity contribution < 1.29 is 56.8 Å². The summed E-state index contributed by atoms with van der Waals surface area (Å²) in [7, 11) is 0.947. The first-order valence-electron chi connectivity index (χ1n) is 9.41. The second kappa shape index (κ2) is 11.0. The van der Waals surface area contributed by atoms with E-state index in [1.165, 1.54) is 6.92 Å². The van der Waals surface area contributed by atoms with Crippen LogP contribution in [0.2, 0.25) is 0 Å². The predicted molar refractivity (Wildman–Crippen MR) is 97.8 cm³/mol. The Morgan fingerprint density at radius 1 is 1.00 bits per heavy atom. The van der Waals surface area contributed by atoms with Gasteiger partial charge >= 0.3 is 35.6 Å². The summed E-state index contributed by atoms with van der Waals surface area (Å²) < 4.78 is 45.3. The number of carbonyl (C=O) groups is 5. The summed E-state index contributed by atoms with van der Waals surface area (Å²) in [6.07, 6.45) is -6.57.